The Morgan fingerprint density at radius 2 is 2.08 bits per heavy atom. The van der Waals surface area contributed by atoms with Gasteiger partial charge in [-0.15, -0.1) is 0 Å². The van der Waals surface area contributed by atoms with E-state index >= 15 is 0 Å². The fraction of sp³-hybridized carbons (Fsp3) is 0.263. The van der Waals surface area contributed by atoms with Crippen LogP contribution in [0.15, 0.2) is 42.5 Å². The molecule has 2 heterocycles. The molecule has 1 aromatic heterocycles. The van der Waals surface area contributed by atoms with Crippen molar-refractivity contribution in [2.45, 2.75) is 32.2 Å². The molecule has 0 aliphatic carbocycles. The molecule has 5 heteroatoms. The summed E-state index contributed by atoms with van der Waals surface area (Å²) < 4.78 is 2.08. The fourth-order valence-electron chi connectivity index (χ4n) is 3.36. The number of hydrogen-bond donors (Lipinski definition) is 1. The molecule has 4 rings (SSSR count). The molecular formula is C19H18ClN3O. The van der Waals surface area contributed by atoms with Crippen molar-refractivity contribution >= 4 is 34.2 Å². The maximum absolute atomic E-state index is 12.9. The Hall–Kier alpha value is -2.33. The van der Waals surface area contributed by atoms with Crippen LogP contribution >= 0.6 is 11.6 Å². The molecule has 4 nitrogen and oxygen atoms in total. The molecule has 24 heavy (non-hydrogen) atoms. The monoisotopic (exact) mass is 339 g/mol. The largest absolute Gasteiger partial charge is 0.324 e. The van der Waals surface area contributed by atoms with Gasteiger partial charge < -0.3 is 9.88 Å². The molecule has 0 saturated heterocycles. The molecule has 1 unspecified atom stereocenters. The van der Waals surface area contributed by atoms with E-state index in [1.165, 1.54) is 0 Å². The summed E-state index contributed by atoms with van der Waals surface area (Å²) in [6, 6.07) is 13.3. The first-order chi connectivity index (χ1) is 11.7. The van der Waals surface area contributed by atoms with Crippen molar-refractivity contribution < 1.29 is 4.79 Å². The highest BCUT2D eigenvalue weighted by Gasteiger charge is 2.30. The quantitative estimate of drug-likeness (QED) is 0.726. The van der Waals surface area contributed by atoms with Gasteiger partial charge in [0.25, 0.3) is 0 Å². The number of carbonyl (C=O) groups is 1. The average Bonchev–Trinajstić information content (AvgIpc) is 2.90. The number of aromatic nitrogens is 2. The predicted octanol–water partition coefficient (Wildman–Crippen LogP) is 5.04. The third-order valence-corrected chi connectivity index (χ3v) is 4.76. The number of halogens is 1. The minimum Gasteiger partial charge on any atom is -0.324 e. The standard InChI is InChI=1S/C19H18ClN3O/c1-2-3-7-17-19(24)22-15-11-12(20)9-10-13(15)18-21-14-6-4-5-8-16(14)23(17)18/h4-6,8-11,17H,2-3,7H2,1H3,(H,22,24). The zero-order valence-electron chi connectivity index (χ0n) is 13.4. The Labute approximate surface area is 145 Å². The van der Waals surface area contributed by atoms with Crippen molar-refractivity contribution in [3.8, 4) is 11.4 Å². The lowest BCUT2D eigenvalue weighted by molar-refractivity contribution is -0.119. The van der Waals surface area contributed by atoms with Crippen molar-refractivity contribution in [2.75, 3.05) is 5.32 Å². The van der Waals surface area contributed by atoms with Gasteiger partial charge >= 0.3 is 0 Å². The van der Waals surface area contributed by atoms with Gasteiger partial charge in [-0.25, -0.2) is 4.98 Å². The molecule has 0 spiro atoms. The maximum atomic E-state index is 12.9. The van der Waals surface area contributed by atoms with Gasteiger partial charge in [0.1, 0.15) is 11.9 Å². The summed E-state index contributed by atoms with van der Waals surface area (Å²) in [7, 11) is 0. The molecule has 0 fully saturated rings. The fourth-order valence-corrected chi connectivity index (χ4v) is 3.53. The number of anilines is 1. The van der Waals surface area contributed by atoms with E-state index in [9.17, 15) is 4.79 Å². The van der Waals surface area contributed by atoms with E-state index in [0.717, 1.165) is 47.4 Å². The van der Waals surface area contributed by atoms with Crippen LogP contribution in [0.3, 0.4) is 0 Å². The Morgan fingerprint density at radius 3 is 2.92 bits per heavy atom. The first-order valence-electron chi connectivity index (χ1n) is 8.27. The third kappa shape index (κ3) is 2.38. The summed E-state index contributed by atoms with van der Waals surface area (Å²) in [6.07, 6.45) is 2.82. The molecule has 3 aromatic rings. The summed E-state index contributed by atoms with van der Waals surface area (Å²) >= 11 is 6.12. The average molecular weight is 340 g/mol. The highest BCUT2D eigenvalue weighted by atomic mass is 35.5. The zero-order chi connectivity index (χ0) is 16.7. The second-order valence-electron chi connectivity index (χ2n) is 6.13. The van der Waals surface area contributed by atoms with E-state index in [1.54, 1.807) is 6.07 Å². The van der Waals surface area contributed by atoms with Crippen LogP contribution in [0.2, 0.25) is 5.02 Å². The van der Waals surface area contributed by atoms with Gasteiger partial charge in [0, 0.05) is 10.6 Å². The molecule has 1 atom stereocenters. The summed E-state index contributed by atoms with van der Waals surface area (Å²) in [5.41, 5.74) is 3.53. The summed E-state index contributed by atoms with van der Waals surface area (Å²) in [5.74, 6) is 0.816. The van der Waals surface area contributed by atoms with Gasteiger partial charge in [0.15, 0.2) is 0 Å². The van der Waals surface area contributed by atoms with Crippen LogP contribution < -0.4 is 5.32 Å². The molecule has 1 N–H and O–H groups in total. The van der Waals surface area contributed by atoms with Crippen LogP contribution in [0, 0.1) is 0 Å². The molecule has 1 aliphatic rings. The highest BCUT2D eigenvalue weighted by molar-refractivity contribution is 6.31. The van der Waals surface area contributed by atoms with E-state index in [1.807, 2.05) is 36.4 Å². The van der Waals surface area contributed by atoms with Gasteiger partial charge in [0.05, 0.1) is 16.7 Å². The third-order valence-electron chi connectivity index (χ3n) is 4.52. The van der Waals surface area contributed by atoms with Gasteiger partial charge in [0.2, 0.25) is 5.91 Å². The number of fused-ring (bicyclic) bond motifs is 5. The molecule has 0 radical (unpaired) electrons. The Bertz CT molecular complexity index is 932. The number of nitrogens with zero attached hydrogens (tertiary/aromatic N) is 2. The predicted molar refractivity (Wildman–Crippen MR) is 97.4 cm³/mol. The smallest absolute Gasteiger partial charge is 0.247 e. The number of unbranched alkanes of at least 4 members (excludes halogenated alkanes) is 1. The number of amides is 1. The van der Waals surface area contributed by atoms with Crippen molar-refractivity contribution in [1.29, 1.82) is 0 Å². The molecule has 0 saturated carbocycles. The topological polar surface area (TPSA) is 46.9 Å². The maximum Gasteiger partial charge on any atom is 0.247 e. The first kappa shape index (κ1) is 15.2. The summed E-state index contributed by atoms with van der Waals surface area (Å²) in [5, 5.41) is 3.64. The lowest BCUT2D eigenvalue weighted by Gasteiger charge is -2.17. The van der Waals surface area contributed by atoms with Crippen molar-refractivity contribution in [3.63, 3.8) is 0 Å². The number of imidazole rings is 1. The van der Waals surface area contributed by atoms with Gasteiger partial charge in [-0.05, 0) is 36.8 Å². The number of rotatable bonds is 3. The summed E-state index contributed by atoms with van der Waals surface area (Å²) in [4.78, 5) is 17.7. The van der Waals surface area contributed by atoms with Gasteiger partial charge in [-0.2, -0.15) is 0 Å². The molecular weight excluding hydrogens is 322 g/mol. The Kier molecular flexibility index (Phi) is 3.77. The molecule has 1 aliphatic heterocycles. The zero-order valence-corrected chi connectivity index (χ0v) is 14.2. The van der Waals surface area contributed by atoms with E-state index < -0.39 is 0 Å². The second-order valence-corrected chi connectivity index (χ2v) is 6.57. The van der Waals surface area contributed by atoms with E-state index in [2.05, 4.69) is 16.8 Å². The van der Waals surface area contributed by atoms with Crippen LogP contribution in [0.4, 0.5) is 5.69 Å². The summed E-state index contributed by atoms with van der Waals surface area (Å²) in [6.45, 7) is 2.13. The molecule has 122 valence electrons. The molecule has 2 aromatic carbocycles. The van der Waals surface area contributed by atoms with Crippen LogP contribution in [-0.4, -0.2) is 15.5 Å². The number of carbonyl (C=O) groups excluding carboxylic acids is 1. The van der Waals surface area contributed by atoms with Crippen LogP contribution in [0.5, 0.6) is 0 Å². The molecule has 0 bridgehead atoms. The number of para-hydroxylation sites is 2. The molecule has 1 amide bonds. The van der Waals surface area contributed by atoms with Gasteiger partial charge in [-0.1, -0.05) is 43.5 Å². The van der Waals surface area contributed by atoms with Gasteiger partial charge in [-0.3, -0.25) is 4.79 Å². The number of benzene rings is 2. The van der Waals surface area contributed by atoms with Crippen LogP contribution in [0.25, 0.3) is 22.4 Å². The second kappa shape index (κ2) is 5.95. The first-order valence-corrected chi connectivity index (χ1v) is 8.64. The van der Waals surface area contributed by atoms with Crippen LogP contribution in [-0.2, 0) is 4.79 Å². The number of nitrogens with one attached hydrogen (secondary N) is 1. The van der Waals surface area contributed by atoms with Crippen molar-refractivity contribution in [2.24, 2.45) is 0 Å². The minimum absolute atomic E-state index is 0.00568. The Balaban J connectivity index is 2.00. The lowest BCUT2D eigenvalue weighted by Crippen LogP contribution is -2.24. The van der Waals surface area contributed by atoms with Crippen molar-refractivity contribution in [1.82, 2.24) is 9.55 Å². The lowest BCUT2D eigenvalue weighted by atomic mass is 10.1. The minimum atomic E-state index is -0.265. The van der Waals surface area contributed by atoms with Crippen molar-refractivity contribution in [3.05, 3.63) is 47.5 Å². The Morgan fingerprint density at radius 1 is 1.25 bits per heavy atom. The normalized spacial score (nSPS) is 16.4. The SMILES string of the molecule is CCCCC1C(=O)Nc2cc(Cl)ccc2-c2nc3ccccc3n21. The highest BCUT2D eigenvalue weighted by Crippen LogP contribution is 2.38. The van der Waals surface area contributed by atoms with E-state index in [-0.39, 0.29) is 11.9 Å². The van der Waals surface area contributed by atoms with Crippen LogP contribution in [0.1, 0.15) is 32.2 Å². The van der Waals surface area contributed by atoms with E-state index in [4.69, 9.17) is 16.6 Å². The number of hydrogen-bond acceptors (Lipinski definition) is 2. The van der Waals surface area contributed by atoms with E-state index in [0.29, 0.717) is 5.02 Å².